The van der Waals surface area contributed by atoms with Crippen molar-refractivity contribution in [3.8, 4) is 23.0 Å². The molecule has 1 heterocycles. The minimum Gasteiger partial charge on any atom is -0.496 e. The van der Waals surface area contributed by atoms with E-state index in [1.54, 1.807) is 7.11 Å². The van der Waals surface area contributed by atoms with E-state index < -0.39 is 0 Å². The van der Waals surface area contributed by atoms with E-state index in [2.05, 4.69) is 10.1 Å². The third-order valence-electron chi connectivity index (χ3n) is 2.92. The molecule has 0 aliphatic carbocycles. The standard InChI is InChI=1S/C16H14N2O3/c1-19-14-10-6-5-9-13(14)16-17-15(18-21-16)11-20-12-7-3-2-4-8-12/h2-10H,11H2,1H3. The van der Waals surface area contributed by atoms with E-state index in [1.165, 1.54) is 0 Å². The van der Waals surface area contributed by atoms with E-state index in [-0.39, 0.29) is 6.61 Å². The summed E-state index contributed by atoms with van der Waals surface area (Å²) >= 11 is 0. The van der Waals surface area contributed by atoms with Crippen molar-refractivity contribution in [3.05, 3.63) is 60.4 Å². The Hall–Kier alpha value is -2.82. The van der Waals surface area contributed by atoms with Gasteiger partial charge < -0.3 is 14.0 Å². The highest BCUT2D eigenvalue weighted by atomic mass is 16.5. The molecule has 0 fully saturated rings. The summed E-state index contributed by atoms with van der Waals surface area (Å²) in [5.74, 6) is 2.36. The number of rotatable bonds is 5. The summed E-state index contributed by atoms with van der Waals surface area (Å²) in [6, 6.07) is 17.0. The second-order valence-electron chi connectivity index (χ2n) is 4.32. The average Bonchev–Trinajstić information content (AvgIpc) is 3.02. The van der Waals surface area contributed by atoms with Crippen LogP contribution in [0.5, 0.6) is 11.5 Å². The smallest absolute Gasteiger partial charge is 0.261 e. The number of hydrogen-bond acceptors (Lipinski definition) is 5. The van der Waals surface area contributed by atoms with Gasteiger partial charge in [-0.1, -0.05) is 35.5 Å². The van der Waals surface area contributed by atoms with E-state index in [4.69, 9.17) is 14.0 Å². The molecule has 0 unspecified atom stereocenters. The first kappa shape index (κ1) is 13.2. The first-order valence-corrected chi connectivity index (χ1v) is 6.50. The van der Waals surface area contributed by atoms with Gasteiger partial charge in [0.1, 0.15) is 11.5 Å². The zero-order chi connectivity index (χ0) is 14.5. The van der Waals surface area contributed by atoms with Gasteiger partial charge >= 0.3 is 0 Å². The van der Waals surface area contributed by atoms with Gasteiger partial charge in [0, 0.05) is 0 Å². The molecule has 5 heteroatoms. The quantitative estimate of drug-likeness (QED) is 0.718. The fourth-order valence-electron chi connectivity index (χ4n) is 1.91. The summed E-state index contributed by atoms with van der Waals surface area (Å²) in [6.07, 6.45) is 0. The number of hydrogen-bond donors (Lipinski definition) is 0. The van der Waals surface area contributed by atoms with Crippen LogP contribution < -0.4 is 9.47 Å². The van der Waals surface area contributed by atoms with Crippen LogP contribution in [-0.4, -0.2) is 17.3 Å². The van der Waals surface area contributed by atoms with E-state index in [0.29, 0.717) is 17.5 Å². The van der Waals surface area contributed by atoms with E-state index in [1.807, 2.05) is 54.6 Å². The minimum absolute atomic E-state index is 0.253. The molecular formula is C16H14N2O3. The first-order valence-electron chi connectivity index (χ1n) is 6.50. The number of methoxy groups -OCH3 is 1. The molecule has 0 aliphatic rings. The molecule has 3 rings (SSSR count). The lowest BCUT2D eigenvalue weighted by molar-refractivity contribution is 0.287. The number of aromatic nitrogens is 2. The average molecular weight is 282 g/mol. The van der Waals surface area contributed by atoms with Gasteiger partial charge in [0.2, 0.25) is 5.82 Å². The second kappa shape index (κ2) is 6.09. The van der Waals surface area contributed by atoms with Gasteiger partial charge in [-0.25, -0.2) is 0 Å². The van der Waals surface area contributed by atoms with E-state index >= 15 is 0 Å². The predicted octanol–water partition coefficient (Wildman–Crippen LogP) is 3.32. The molecule has 0 bridgehead atoms. The van der Waals surface area contributed by atoms with Gasteiger partial charge in [-0.2, -0.15) is 4.98 Å². The zero-order valence-electron chi connectivity index (χ0n) is 11.5. The highest BCUT2D eigenvalue weighted by Gasteiger charge is 2.13. The van der Waals surface area contributed by atoms with Crippen molar-refractivity contribution in [2.24, 2.45) is 0 Å². The Balaban J connectivity index is 1.74. The molecule has 0 radical (unpaired) electrons. The highest BCUT2D eigenvalue weighted by molar-refractivity contribution is 5.62. The molecule has 0 saturated carbocycles. The number of nitrogens with zero attached hydrogens (tertiary/aromatic N) is 2. The summed E-state index contributed by atoms with van der Waals surface area (Å²) in [4.78, 5) is 4.32. The Bertz CT molecular complexity index is 710. The molecular weight excluding hydrogens is 268 g/mol. The highest BCUT2D eigenvalue weighted by Crippen LogP contribution is 2.28. The van der Waals surface area contributed by atoms with Crippen molar-refractivity contribution >= 4 is 0 Å². The van der Waals surface area contributed by atoms with Crippen LogP contribution in [0.25, 0.3) is 11.5 Å². The molecule has 3 aromatic rings. The summed E-state index contributed by atoms with van der Waals surface area (Å²) in [5, 5.41) is 3.92. The van der Waals surface area contributed by atoms with Crippen molar-refractivity contribution in [3.63, 3.8) is 0 Å². The molecule has 5 nitrogen and oxygen atoms in total. The van der Waals surface area contributed by atoms with Gasteiger partial charge in [-0.3, -0.25) is 0 Å². The first-order chi connectivity index (χ1) is 10.4. The van der Waals surface area contributed by atoms with Crippen molar-refractivity contribution in [2.75, 3.05) is 7.11 Å². The zero-order valence-corrected chi connectivity index (χ0v) is 11.5. The van der Waals surface area contributed by atoms with E-state index in [0.717, 1.165) is 11.3 Å². The molecule has 0 N–H and O–H groups in total. The SMILES string of the molecule is COc1ccccc1-c1nc(COc2ccccc2)no1. The van der Waals surface area contributed by atoms with Crippen molar-refractivity contribution in [1.82, 2.24) is 10.1 Å². The fourth-order valence-corrected chi connectivity index (χ4v) is 1.91. The Morgan fingerprint density at radius 3 is 2.57 bits per heavy atom. The normalized spacial score (nSPS) is 10.3. The maximum Gasteiger partial charge on any atom is 0.261 e. The third kappa shape index (κ3) is 3.02. The van der Waals surface area contributed by atoms with Gasteiger partial charge in [-0.05, 0) is 24.3 Å². The van der Waals surface area contributed by atoms with Crippen LogP contribution >= 0.6 is 0 Å². The molecule has 0 spiro atoms. The molecule has 106 valence electrons. The molecule has 1 aromatic heterocycles. The Morgan fingerprint density at radius 1 is 1.00 bits per heavy atom. The molecule has 0 aliphatic heterocycles. The van der Waals surface area contributed by atoms with Crippen LogP contribution in [-0.2, 0) is 6.61 Å². The number of ether oxygens (including phenoxy) is 2. The second-order valence-corrected chi connectivity index (χ2v) is 4.32. The topological polar surface area (TPSA) is 57.4 Å². The van der Waals surface area contributed by atoms with Gasteiger partial charge in [0.25, 0.3) is 5.89 Å². The molecule has 21 heavy (non-hydrogen) atoms. The van der Waals surface area contributed by atoms with Gasteiger partial charge in [-0.15, -0.1) is 0 Å². The van der Waals surface area contributed by atoms with Crippen molar-refractivity contribution in [2.45, 2.75) is 6.61 Å². The molecule has 0 amide bonds. The van der Waals surface area contributed by atoms with Crippen LogP contribution in [0.15, 0.2) is 59.1 Å². The molecule has 0 atom stereocenters. The van der Waals surface area contributed by atoms with Crippen LogP contribution in [0.1, 0.15) is 5.82 Å². The summed E-state index contributed by atoms with van der Waals surface area (Å²) in [5.41, 5.74) is 0.762. The predicted molar refractivity (Wildman–Crippen MR) is 77.1 cm³/mol. The van der Waals surface area contributed by atoms with Crippen LogP contribution in [0.3, 0.4) is 0 Å². The van der Waals surface area contributed by atoms with Gasteiger partial charge in [0.15, 0.2) is 6.61 Å². The molecule has 2 aromatic carbocycles. The van der Waals surface area contributed by atoms with Crippen LogP contribution in [0.4, 0.5) is 0 Å². The Labute approximate surface area is 122 Å². The van der Waals surface area contributed by atoms with Crippen LogP contribution in [0, 0.1) is 0 Å². The number of para-hydroxylation sites is 2. The molecule has 0 saturated heterocycles. The van der Waals surface area contributed by atoms with Crippen LogP contribution in [0.2, 0.25) is 0 Å². The monoisotopic (exact) mass is 282 g/mol. The Kier molecular flexibility index (Phi) is 3.82. The number of benzene rings is 2. The lowest BCUT2D eigenvalue weighted by Crippen LogP contribution is -1.97. The largest absolute Gasteiger partial charge is 0.496 e. The van der Waals surface area contributed by atoms with Crippen molar-refractivity contribution < 1.29 is 14.0 Å². The lowest BCUT2D eigenvalue weighted by atomic mass is 10.2. The summed E-state index contributed by atoms with van der Waals surface area (Å²) in [7, 11) is 1.61. The van der Waals surface area contributed by atoms with Gasteiger partial charge in [0.05, 0.1) is 12.7 Å². The van der Waals surface area contributed by atoms with Crippen molar-refractivity contribution in [1.29, 1.82) is 0 Å². The maximum absolute atomic E-state index is 5.58. The summed E-state index contributed by atoms with van der Waals surface area (Å²) < 4.78 is 16.1. The Morgan fingerprint density at radius 2 is 1.76 bits per heavy atom. The summed E-state index contributed by atoms with van der Waals surface area (Å²) in [6.45, 7) is 0.253. The maximum atomic E-state index is 5.58. The lowest BCUT2D eigenvalue weighted by Gasteiger charge is -2.03. The minimum atomic E-state index is 0.253. The fraction of sp³-hybridized carbons (Fsp3) is 0.125. The van der Waals surface area contributed by atoms with E-state index in [9.17, 15) is 0 Å². The third-order valence-corrected chi connectivity index (χ3v) is 2.92.